The van der Waals surface area contributed by atoms with E-state index in [0.717, 1.165) is 23.7 Å². The summed E-state index contributed by atoms with van der Waals surface area (Å²) in [6, 6.07) is 0. The molecule has 0 aromatic heterocycles. The Kier molecular flexibility index (Phi) is 0.715. The van der Waals surface area contributed by atoms with Crippen LogP contribution in [0.4, 0.5) is 0 Å². The minimum atomic E-state index is 0.475. The third kappa shape index (κ3) is 0.405. The van der Waals surface area contributed by atoms with Crippen LogP contribution < -0.4 is 0 Å². The van der Waals surface area contributed by atoms with Gasteiger partial charge in [-0.15, -0.1) is 0 Å². The third-order valence-electron chi connectivity index (χ3n) is 4.41. The predicted octanol–water partition coefficient (Wildman–Crippen LogP) is 2.55. The molecule has 60 valence electrons. The van der Waals surface area contributed by atoms with Gasteiger partial charge in [0, 0.05) is 11.3 Å². The molecule has 6 rings (SSSR count). The Bertz CT molecular complexity index is 310. The van der Waals surface area contributed by atoms with Crippen LogP contribution in [0.25, 0.3) is 0 Å². The van der Waals surface area contributed by atoms with E-state index in [9.17, 15) is 0 Å². The largest absolute Gasteiger partial charge is 0.0839 e. The van der Waals surface area contributed by atoms with Gasteiger partial charge in [-0.3, -0.25) is 0 Å². The van der Waals surface area contributed by atoms with Gasteiger partial charge < -0.3 is 0 Å². The van der Waals surface area contributed by atoms with Crippen LogP contribution in [0, 0.1) is 29.1 Å². The highest BCUT2D eigenvalue weighted by Gasteiger charge is 2.58. The van der Waals surface area contributed by atoms with E-state index in [1.807, 2.05) is 0 Å². The lowest BCUT2D eigenvalue weighted by Crippen LogP contribution is -2.42. The van der Waals surface area contributed by atoms with Crippen LogP contribution in [-0.2, 0) is 0 Å². The van der Waals surface area contributed by atoms with Crippen LogP contribution in [-0.4, -0.2) is 0 Å². The Labute approximate surface area is 72.7 Å². The summed E-state index contributed by atoms with van der Waals surface area (Å²) in [6.07, 6.45) is 16.2. The first-order valence-corrected chi connectivity index (χ1v) is 4.96. The normalized spacial score (nSPS) is 62.0. The lowest BCUT2D eigenvalue weighted by atomic mass is 9.55. The van der Waals surface area contributed by atoms with E-state index in [2.05, 4.69) is 36.5 Å². The molecule has 6 aliphatic carbocycles. The van der Waals surface area contributed by atoms with Gasteiger partial charge in [0.2, 0.25) is 0 Å². The standard InChI is InChI=1S/C12H12/c1-2-11-10-7-12(11)5-3-8(4-6-12)9(1)10/h1-6,8-11H,7H2/t8?,9-,10?,11+,12?/m1/s1. The Hall–Kier alpha value is -0.780. The SMILES string of the molecule is C1=CC23C=CC1[C@H]1C=C[C@H]2C1C3. The number of rotatable bonds is 0. The molecule has 0 nitrogen and oxygen atoms in total. The summed E-state index contributed by atoms with van der Waals surface area (Å²) in [5.74, 6) is 3.43. The van der Waals surface area contributed by atoms with Crippen molar-refractivity contribution in [2.75, 3.05) is 0 Å². The second-order valence-electron chi connectivity index (χ2n) is 4.76. The van der Waals surface area contributed by atoms with Crippen LogP contribution in [0.15, 0.2) is 36.5 Å². The fourth-order valence-electron chi connectivity index (χ4n) is 3.73. The monoisotopic (exact) mass is 156 g/mol. The summed E-state index contributed by atoms with van der Waals surface area (Å²) >= 11 is 0. The molecule has 1 saturated carbocycles. The summed E-state index contributed by atoms with van der Waals surface area (Å²) in [5.41, 5.74) is 0.475. The lowest BCUT2D eigenvalue weighted by molar-refractivity contribution is 0.0756. The Morgan fingerprint density at radius 3 is 2.67 bits per heavy atom. The molecule has 0 aromatic rings. The molecule has 0 aromatic carbocycles. The zero-order valence-corrected chi connectivity index (χ0v) is 6.98. The molecule has 5 bridgehead atoms. The van der Waals surface area contributed by atoms with E-state index >= 15 is 0 Å². The number of hydrogen-bond donors (Lipinski definition) is 0. The summed E-state index contributed by atoms with van der Waals surface area (Å²) < 4.78 is 0. The highest BCUT2D eigenvalue weighted by molar-refractivity contribution is 5.39. The Morgan fingerprint density at radius 2 is 1.83 bits per heavy atom. The Balaban J connectivity index is 2.03. The second kappa shape index (κ2) is 1.48. The van der Waals surface area contributed by atoms with Gasteiger partial charge in [-0.2, -0.15) is 0 Å². The predicted molar refractivity (Wildman–Crippen MR) is 48.4 cm³/mol. The van der Waals surface area contributed by atoms with E-state index in [1.165, 1.54) is 6.42 Å². The van der Waals surface area contributed by atoms with Gasteiger partial charge in [0.05, 0.1) is 0 Å². The van der Waals surface area contributed by atoms with E-state index in [0.29, 0.717) is 5.41 Å². The van der Waals surface area contributed by atoms with E-state index < -0.39 is 0 Å². The molecule has 1 unspecified atom stereocenters. The van der Waals surface area contributed by atoms with Crippen LogP contribution in [0.1, 0.15) is 6.42 Å². The molecule has 1 fully saturated rings. The smallest absolute Gasteiger partial charge is 0.0130 e. The topological polar surface area (TPSA) is 0 Å². The van der Waals surface area contributed by atoms with Gasteiger partial charge in [-0.1, -0.05) is 36.5 Å². The average molecular weight is 156 g/mol. The molecule has 0 aliphatic heterocycles. The summed E-state index contributed by atoms with van der Waals surface area (Å²) in [7, 11) is 0. The van der Waals surface area contributed by atoms with Crippen molar-refractivity contribution in [3.63, 3.8) is 0 Å². The molecule has 0 heteroatoms. The maximum Gasteiger partial charge on any atom is 0.0130 e. The van der Waals surface area contributed by atoms with Crippen molar-refractivity contribution in [1.29, 1.82) is 0 Å². The van der Waals surface area contributed by atoms with Gasteiger partial charge in [0.1, 0.15) is 0 Å². The third-order valence-corrected chi connectivity index (χ3v) is 4.41. The zero-order valence-electron chi connectivity index (χ0n) is 6.98. The van der Waals surface area contributed by atoms with Crippen LogP contribution in [0.5, 0.6) is 0 Å². The fraction of sp³-hybridized carbons (Fsp3) is 0.500. The minimum absolute atomic E-state index is 0.475. The minimum Gasteiger partial charge on any atom is -0.0839 e. The zero-order chi connectivity index (χ0) is 7.76. The molecular weight excluding hydrogens is 144 g/mol. The highest BCUT2D eigenvalue weighted by Crippen LogP contribution is 2.65. The molecule has 0 radical (unpaired) electrons. The summed E-state index contributed by atoms with van der Waals surface area (Å²) in [5, 5.41) is 0. The molecule has 12 heavy (non-hydrogen) atoms. The molecule has 0 N–H and O–H groups in total. The average Bonchev–Trinajstić information content (AvgIpc) is 2.23. The maximum absolute atomic E-state index is 2.47. The van der Waals surface area contributed by atoms with Gasteiger partial charge >= 0.3 is 0 Å². The summed E-state index contributed by atoms with van der Waals surface area (Å²) in [6.45, 7) is 0. The first-order chi connectivity index (χ1) is 5.89. The van der Waals surface area contributed by atoms with Crippen molar-refractivity contribution in [3.8, 4) is 0 Å². The van der Waals surface area contributed by atoms with Crippen molar-refractivity contribution in [1.82, 2.24) is 0 Å². The maximum atomic E-state index is 2.47. The van der Waals surface area contributed by atoms with Crippen molar-refractivity contribution < 1.29 is 0 Å². The number of hydrogen-bond acceptors (Lipinski definition) is 0. The van der Waals surface area contributed by atoms with E-state index in [-0.39, 0.29) is 0 Å². The van der Waals surface area contributed by atoms with E-state index in [4.69, 9.17) is 0 Å². The molecule has 6 aliphatic rings. The van der Waals surface area contributed by atoms with Crippen molar-refractivity contribution in [2.45, 2.75) is 6.42 Å². The van der Waals surface area contributed by atoms with Crippen molar-refractivity contribution in [2.24, 2.45) is 29.1 Å². The van der Waals surface area contributed by atoms with Crippen LogP contribution >= 0.6 is 0 Å². The molecule has 0 saturated heterocycles. The molecular formula is C12H12. The number of allylic oxidation sites excluding steroid dienone is 6. The second-order valence-corrected chi connectivity index (χ2v) is 4.76. The molecule has 0 amide bonds. The van der Waals surface area contributed by atoms with Crippen molar-refractivity contribution >= 4 is 0 Å². The Morgan fingerprint density at radius 1 is 1.00 bits per heavy atom. The quantitative estimate of drug-likeness (QED) is 0.473. The lowest BCUT2D eigenvalue weighted by Gasteiger charge is -2.48. The van der Waals surface area contributed by atoms with Crippen molar-refractivity contribution in [3.05, 3.63) is 36.5 Å². The first-order valence-electron chi connectivity index (χ1n) is 4.96. The van der Waals surface area contributed by atoms with Gasteiger partial charge in [-0.25, -0.2) is 0 Å². The summed E-state index contributed by atoms with van der Waals surface area (Å²) in [4.78, 5) is 0. The van der Waals surface area contributed by atoms with E-state index in [1.54, 1.807) is 0 Å². The fourth-order valence-corrected chi connectivity index (χ4v) is 3.73. The van der Waals surface area contributed by atoms with Crippen LogP contribution in [0.3, 0.4) is 0 Å². The first kappa shape index (κ1) is 5.80. The molecule has 3 atom stereocenters. The van der Waals surface area contributed by atoms with Crippen LogP contribution in [0.2, 0.25) is 0 Å². The molecule has 0 heterocycles. The molecule has 1 spiro atoms. The van der Waals surface area contributed by atoms with Gasteiger partial charge in [0.25, 0.3) is 0 Å². The van der Waals surface area contributed by atoms with Gasteiger partial charge in [-0.05, 0) is 24.2 Å². The highest BCUT2D eigenvalue weighted by atomic mass is 14.6. The van der Waals surface area contributed by atoms with Gasteiger partial charge in [0.15, 0.2) is 0 Å².